The van der Waals surface area contributed by atoms with Crippen LogP contribution in [0.4, 0.5) is 20.2 Å². The number of amides is 2. The molecule has 2 N–H and O–H groups in total. The number of rotatable bonds is 8. The molecular weight excluding hydrogens is 512 g/mol. The second-order valence-electron chi connectivity index (χ2n) is 8.20. The molecule has 0 aliphatic rings. The van der Waals surface area contributed by atoms with Gasteiger partial charge in [-0.1, -0.05) is 12.1 Å². The van der Waals surface area contributed by atoms with E-state index in [2.05, 4.69) is 20.6 Å². The van der Waals surface area contributed by atoms with Gasteiger partial charge in [-0.05, 0) is 37.3 Å². The van der Waals surface area contributed by atoms with Crippen LogP contribution in [-0.4, -0.2) is 26.3 Å². The highest BCUT2D eigenvalue weighted by Crippen LogP contribution is 2.39. The fourth-order valence-electron chi connectivity index (χ4n) is 3.79. The number of nitrogens with one attached hydrogen (secondary N) is 2. The highest BCUT2D eigenvalue weighted by Gasteiger charge is 2.16. The van der Waals surface area contributed by atoms with Gasteiger partial charge in [-0.15, -0.1) is 11.3 Å². The zero-order chi connectivity index (χ0) is 26.6. The number of carbonyl (C=O) groups excluding carboxylic acids is 2. The molecule has 0 saturated heterocycles. The minimum atomic E-state index is -0.704. The van der Waals surface area contributed by atoms with Crippen molar-refractivity contribution in [3.63, 3.8) is 0 Å². The molecule has 0 unspecified atom stereocenters. The number of thiophene rings is 1. The Bertz CT molecular complexity index is 1650. The molecule has 2 aromatic carbocycles. The van der Waals surface area contributed by atoms with Gasteiger partial charge >= 0.3 is 0 Å². The van der Waals surface area contributed by atoms with E-state index in [1.54, 1.807) is 30.9 Å². The molecule has 0 aliphatic carbocycles. The van der Waals surface area contributed by atoms with Gasteiger partial charge in [0.2, 0.25) is 11.8 Å². The van der Waals surface area contributed by atoms with Crippen LogP contribution in [0.3, 0.4) is 0 Å². The van der Waals surface area contributed by atoms with Crippen molar-refractivity contribution < 1.29 is 23.1 Å². The molecule has 5 rings (SSSR count). The molecule has 192 valence electrons. The molecule has 8 nitrogen and oxygen atoms in total. The third-order valence-corrected chi connectivity index (χ3v) is 6.75. The Kier molecular flexibility index (Phi) is 7.09. The van der Waals surface area contributed by atoms with E-state index in [1.807, 2.05) is 17.6 Å². The first-order valence-corrected chi connectivity index (χ1v) is 12.4. The molecule has 0 spiro atoms. The van der Waals surface area contributed by atoms with E-state index in [-0.39, 0.29) is 17.1 Å². The third kappa shape index (κ3) is 5.37. The van der Waals surface area contributed by atoms with Crippen LogP contribution >= 0.6 is 11.3 Å². The first-order valence-electron chi connectivity index (χ1n) is 11.6. The average Bonchev–Trinajstić information content (AvgIpc) is 3.54. The smallest absolute Gasteiger partial charge is 0.233 e. The van der Waals surface area contributed by atoms with Crippen LogP contribution in [0.25, 0.3) is 20.8 Å². The monoisotopic (exact) mass is 533 g/mol. The average molecular weight is 534 g/mol. The zero-order valence-electron chi connectivity index (χ0n) is 20.1. The lowest BCUT2D eigenvalue weighted by Gasteiger charge is -2.10. The van der Waals surface area contributed by atoms with Gasteiger partial charge < -0.3 is 19.9 Å². The van der Waals surface area contributed by atoms with Gasteiger partial charge in [0.05, 0.1) is 39.0 Å². The summed E-state index contributed by atoms with van der Waals surface area (Å²) < 4.78 is 37.2. The molecule has 0 aliphatic heterocycles. The van der Waals surface area contributed by atoms with Crippen molar-refractivity contribution in [3.05, 3.63) is 85.0 Å². The summed E-state index contributed by atoms with van der Waals surface area (Å²) in [5.74, 6) is -2.30. The number of nitrogens with zero attached hydrogens (tertiary/aromatic N) is 3. The summed E-state index contributed by atoms with van der Waals surface area (Å²) in [6.07, 6.45) is 4.56. The van der Waals surface area contributed by atoms with Gasteiger partial charge in [-0.25, -0.2) is 13.8 Å². The summed E-state index contributed by atoms with van der Waals surface area (Å²) >= 11 is 1.47. The van der Waals surface area contributed by atoms with Gasteiger partial charge in [-0.3, -0.25) is 14.6 Å². The molecule has 0 fully saturated rings. The molecule has 11 heteroatoms. The lowest BCUT2D eigenvalue weighted by atomic mass is 10.2. The molecule has 3 heterocycles. The van der Waals surface area contributed by atoms with E-state index in [9.17, 15) is 18.4 Å². The van der Waals surface area contributed by atoms with Crippen molar-refractivity contribution >= 4 is 44.7 Å². The third-order valence-electron chi connectivity index (χ3n) is 5.59. The van der Waals surface area contributed by atoms with Gasteiger partial charge in [0.15, 0.2) is 11.6 Å². The predicted molar refractivity (Wildman–Crippen MR) is 141 cm³/mol. The summed E-state index contributed by atoms with van der Waals surface area (Å²) in [5.41, 5.74) is 1.78. The number of anilines is 2. The van der Waals surface area contributed by atoms with Crippen molar-refractivity contribution in [2.24, 2.45) is 0 Å². The number of fused-ring (bicyclic) bond motifs is 1. The number of aryl methyl sites for hydroxylation is 1. The van der Waals surface area contributed by atoms with E-state index in [0.29, 0.717) is 11.3 Å². The Hall–Kier alpha value is -4.64. The molecule has 0 radical (unpaired) electrons. The minimum Gasteiger partial charge on any atom is -0.453 e. The summed E-state index contributed by atoms with van der Waals surface area (Å²) in [6, 6.07) is 13.2. The summed E-state index contributed by atoms with van der Waals surface area (Å²) in [7, 11) is 0. The Morgan fingerprint density at radius 1 is 1.00 bits per heavy atom. The number of pyridine rings is 1. The maximum Gasteiger partial charge on any atom is 0.233 e. The first kappa shape index (κ1) is 25.0. The van der Waals surface area contributed by atoms with Crippen LogP contribution in [0.15, 0.2) is 73.3 Å². The Balaban J connectivity index is 1.27. The standard InChI is InChI=1S/C27H21F2N5O3S/c1-2-34-15-30-14-21(34)24-12-20-27(38-24)23(9-10-31-20)37-22-8-7-16(11-18(22)29)32-25(35)13-26(36)33-19-6-4-3-5-17(19)28/h3-12,14-15H,2,13H2,1H3,(H,32,35)(H,33,36). The van der Waals surface area contributed by atoms with Gasteiger partial charge in [-0.2, -0.15) is 0 Å². The second-order valence-corrected chi connectivity index (χ2v) is 9.25. The number of carbonyl (C=O) groups is 2. The Labute approximate surface area is 219 Å². The number of benzene rings is 2. The van der Waals surface area contributed by atoms with Crippen molar-refractivity contribution in [2.75, 3.05) is 10.6 Å². The largest absolute Gasteiger partial charge is 0.453 e. The van der Waals surface area contributed by atoms with E-state index >= 15 is 0 Å². The van der Waals surface area contributed by atoms with Gasteiger partial charge in [0, 0.05) is 30.6 Å². The summed E-state index contributed by atoms with van der Waals surface area (Å²) in [6.45, 7) is 2.80. The van der Waals surface area contributed by atoms with Crippen LogP contribution in [0.1, 0.15) is 13.3 Å². The molecule has 0 atom stereocenters. The van der Waals surface area contributed by atoms with Crippen LogP contribution in [-0.2, 0) is 16.1 Å². The van der Waals surface area contributed by atoms with E-state index in [4.69, 9.17) is 4.74 Å². The highest BCUT2D eigenvalue weighted by atomic mass is 32.1. The van der Waals surface area contributed by atoms with Crippen LogP contribution in [0.2, 0.25) is 0 Å². The molecule has 0 bridgehead atoms. The molecule has 2 amide bonds. The number of halogens is 2. The number of imidazole rings is 1. The predicted octanol–water partition coefficient (Wildman–Crippen LogP) is 6.22. The SMILES string of the molecule is CCn1cncc1-c1cc2nccc(Oc3ccc(NC(=O)CC(=O)Nc4ccccc4F)cc3F)c2s1. The molecule has 38 heavy (non-hydrogen) atoms. The Morgan fingerprint density at radius 2 is 1.82 bits per heavy atom. The normalized spacial score (nSPS) is 10.9. The van der Waals surface area contributed by atoms with Crippen molar-refractivity contribution in [1.29, 1.82) is 0 Å². The van der Waals surface area contributed by atoms with E-state index < -0.39 is 29.9 Å². The summed E-state index contributed by atoms with van der Waals surface area (Å²) in [4.78, 5) is 33.9. The maximum atomic E-state index is 14.9. The molecule has 5 aromatic rings. The zero-order valence-corrected chi connectivity index (χ0v) is 20.9. The fraction of sp³-hybridized carbons (Fsp3) is 0.111. The van der Waals surface area contributed by atoms with Crippen molar-refractivity contribution in [1.82, 2.24) is 14.5 Å². The molecule has 3 aromatic heterocycles. The lowest BCUT2D eigenvalue weighted by Crippen LogP contribution is -2.21. The maximum absolute atomic E-state index is 14.9. The van der Waals surface area contributed by atoms with Crippen molar-refractivity contribution in [2.45, 2.75) is 19.9 Å². The first-order chi connectivity index (χ1) is 18.4. The minimum absolute atomic E-state index is 0.0306. The van der Waals surface area contributed by atoms with Gasteiger partial charge in [0.1, 0.15) is 18.0 Å². The molecular formula is C27H21F2N5O3S. The number of para-hydroxylation sites is 1. The number of ether oxygens (including phenoxy) is 1. The Morgan fingerprint density at radius 3 is 2.61 bits per heavy atom. The van der Waals surface area contributed by atoms with Gasteiger partial charge in [0.25, 0.3) is 0 Å². The van der Waals surface area contributed by atoms with Crippen LogP contribution < -0.4 is 15.4 Å². The fourth-order valence-corrected chi connectivity index (χ4v) is 4.88. The second kappa shape index (κ2) is 10.8. The van der Waals surface area contributed by atoms with E-state index in [0.717, 1.165) is 27.9 Å². The summed E-state index contributed by atoms with van der Waals surface area (Å²) in [5, 5.41) is 4.79. The lowest BCUT2D eigenvalue weighted by molar-refractivity contribution is -0.123. The van der Waals surface area contributed by atoms with Crippen LogP contribution in [0.5, 0.6) is 11.5 Å². The quantitative estimate of drug-likeness (QED) is 0.231. The topological polar surface area (TPSA) is 98.1 Å². The highest BCUT2D eigenvalue weighted by molar-refractivity contribution is 7.22. The molecule has 0 saturated carbocycles. The van der Waals surface area contributed by atoms with Crippen molar-refractivity contribution in [3.8, 4) is 22.1 Å². The number of hydrogen-bond acceptors (Lipinski definition) is 6. The van der Waals surface area contributed by atoms with E-state index in [1.165, 1.54) is 41.7 Å². The number of aromatic nitrogens is 3. The number of hydrogen-bond donors (Lipinski definition) is 2. The van der Waals surface area contributed by atoms with Crippen LogP contribution in [0, 0.1) is 11.6 Å².